The van der Waals surface area contributed by atoms with Crippen molar-refractivity contribution in [2.45, 2.75) is 24.5 Å². The van der Waals surface area contributed by atoms with Gasteiger partial charge in [-0.15, -0.1) is 0 Å². The van der Waals surface area contributed by atoms with Crippen molar-refractivity contribution in [3.05, 3.63) is 36.7 Å². The molecule has 0 saturated heterocycles. The number of rotatable bonds is 3. The van der Waals surface area contributed by atoms with Crippen LogP contribution in [-0.2, 0) is 16.6 Å². The molecule has 1 N–H and O–H groups in total. The van der Waals surface area contributed by atoms with Crippen LogP contribution in [0.4, 0.5) is 11.4 Å². The van der Waals surface area contributed by atoms with E-state index in [1.54, 1.807) is 11.1 Å². The number of carbonyl (C=O) groups excluding carboxylic acids is 2. The van der Waals surface area contributed by atoms with Crippen LogP contribution < -0.4 is 10.2 Å². The predicted octanol–water partition coefficient (Wildman–Crippen LogP) is 2.28. The summed E-state index contributed by atoms with van der Waals surface area (Å²) in [4.78, 5) is 30.6. The summed E-state index contributed by atoms with van der Waals surface area (Å²) in [6.07, 6.45) is 3.84. The van der Waals surface area contributed by atoms with Crippen molar-refractivity contribution in [1.29, 1.82) is 0 Å². The smallest absolute Gasteiger partial charge is 0.237 e. The molecule has 1 atom stereocenters. The van der Waals surface area contributed by atoms with Gasteiger partial charge >= 0.3 is 0 Å². The molecule has 1 aromatic heterocycles. The topological polar surface area (TPSA) is 67.2 Å². The summed E-state index contributed by atoms with van der Waals surface area (Å²) >= 11 is 1.40. The SMILES string of the molecule is C[C@@H]1CC(=O)Nc2ccccc2N1C(=O)CSc1nccn1C. The van der Waals surface area contributed by atoms with E-state index < -0.39 is 0 Å². The van der Waals surface area contributed by atoms with E-state index in [-0.39, 0.29) is 30.0 Å². The minimum Gasteiger partial charge on any atom is -0.329 e. The number of imidazole rings is 1. The highest BCUT2D eigenvalue weighted by Gasteiger charge is 2.29. The van der Waals surface area contributed by atoms with Crippen molar-refractivity contribution >= 4 is 35.0 Å². The minimum absolute atomic E-state index is 0.0329. The Morgan fingerprint density at radius 1 is 1.43 bits per heavy atom. The molecule has 1 aliphatic heterocycles. The number of carbonyl (C=O) groups is 2. The Balaban J connectivity index is 1.83. The van der Waals surface area contributed by atoms with E-state index in [1.165, 1.54) is 11.8 Å². The van der Waals surface area contributed by atoms with Crippen LogP contribution in [0.15, 0.2) is 41.8 Å². The Kier molecular flexibility index (Phi) is 4.38. The molecule has 0 fully saturated rings. The fourth-order valence-corrected chi connectivity index (χ4v) is 3.45. The van der Waals surface area contributed by atoms with Crippen LogP contribution in [0.1, 0.15) is 13.3 Å². The average molecular weight is 330 g/mol. The second-order valence-corrected chi connectivity index (χ2v) is 6.43. The number of anilines is 2. The van der Waals surface area contributed by atoms with Crippen molar-refractivity contribution in [1.82, 2.24) is 9.55 Å². The zero-order chi connectivity index (χ0) is 16.4. The Morgan fingerprint density at radius 2 is 2.22 bits per heavy atom. The van der Waals surface area contributed by atoms with Crippen LogP contribution in [-0.4, -0.2) is 33.2 Å². The van der Waals surface area contributed by atoms with Crippen molar-refractivity contribution < 1.29 is 9.59 Å². The molecule has 0 spiro atoms. The summed E-state index contributed by atoms with van der Waals surface area (Å²) in [5.74, 6) is 0.170. The van der Waals surface area contributed by atoms with Crippen LogP contribution in [0.5, 0.6) is 0 Å². The van der Waals surface area contributed by atoms with E-state index in [0.29, 0.717) is 5.69 Å². The van der Waals surface area contributed by atoms with Crippen LogP contribution in [0.25, 0.3) is 0 Å². The molecular formula is C16H18N4O2S. The van der Waals surface area contributed by atoms with Gasteiger partial charge in [0.15, 0.2) is 5.16 Å². The molecule has 3 rings (SSSR count). The van der Waals surface area contributed by atoms with Crippen molar-refractivity contribution in [2.75, 3.05) is 16.0 Å². The van der Waals surface area contributed by atoms with Crippen molar-refractivity contribution in [3.63, 3.8) is 0 Å². The molecule has 1 aliphatic rings. The molecule has 0 saturated carbocycles. The first kappa shape index (κ1) is 15.6. The molecule has 6 nitrogen and oxygen atoms in total. The van der Waals surface area contributed by atoms with Crippen molar-refractivity contribution in [2.24, 2.45) is 7.05 Å². The fraction of sp³-hybridized carbons (Fsp3) is 0.312. The number of nitrogens with zero attached hydrogens (tertiary/aromatic N) is 3. The second kappa shape index (κ2) is 6.45. The average Bonchev–Trinajstić information content (AvgIpc) is 2.86. The molecule has 120 valence electrons. The maximum absolute atomic E-state index is 12.8. The molecule has 7 heteroatoms. The number of benzene rings is 1. The first-order valence-corrected chi connectivity index (χ1v) is 8.36. The lowest BCUT2D eigenvalue weighted by molar-refractivity contribution is -0.117. The van der Waals surface area contributed by atoms with Gasteiger partial charge < -0.3 is 14.8 Å². The van der Waals surface area contributed by atoms with Gasteiger partial charge in [0.2, 0.25) is 11.8 Å². The maximum atomic E-state index is 12.8. The van der Waals surface area contributed by atoms with Crippen LogP contribution >= 0.6 is 11.8 Å². The van der Waals surface area contributed by atoms with Crippen LogP contribution in [0.3, 0.4) is 0 Å². The Bertz CT molecular complexity index is 743. The van der Waals surface area contributed by atoms with Gasteiger partial charge in [-0.1, -0.05) is 23.9 Å². The monoisotopic (exact) mass is 330 g/mol. The zero-order valence-corrected chi connectivity index (χ0v) is 13.8. The first-order chi connectivity index (χ1) is 11.1. The fourth-order valence-electron chi connectivity index (χ4n) is 2.65. The number of aromatic nitrogens is 2. The normalized spacial score (nSPS) is 17.4. The number of nitrogens with one attached hydrogen (secondary N) is 1. The van der Waals surface area contributed by atoms with Gasteiger partial charge in [-0.05, 0) is 19.1 Å². The van der Waals surface area contributed by atoms with E-state index in [2.05, 4.69) is 10.3 Å². The van der Waals surface area contributed by atoms with E-state index in [1.807, 2.05) is 49.0 Å². The van der Waals surface area contributed by atoms with E-state index in [9.17, 15) is 9.59 Å². The van der Waals surface area contributed by atoms with Gasteiger partial charge in [0, 0.05) is 31.9 Å². The second-order valence-electron chi connectivity index (χ2n) is 5.49. The third kappa shape index (κ3) is 3.24. The van der Waals surface area contributed by atoms with Gasteiger partial charge in [-0.3, -0.25) is 9.59 Å². The van der Waals surface area contributed by atoms with E-state index in [4.69, 9.17) is 0 Å². The van der Waals surface area contributed by atoms with Crippen LogP contribution in [0, 0.1) is 0 Å². The quantitative estimate of drug-likeness (QED) is 0.877. The largest absolute Gasteiger partial charge is 0.329 e. The molecule has 0 unspecified atom stereocenters. The molecule has 2 heterocycles. The Morgan fingerprint density at radius 3 is 2.96 bits per heavy atom. The Hall–Kier alpha value is -2.28. The molecule has 0 radical (unpaired) electrons. The molecule has 23 heavy (non-hydrogen) atoms. The van der Waals surface area contributed by atoms with E-state index >= 15 is 0 Å². The number of amides is 2. The van der Waals surface area contributed by atoms with Gasteiger partial charge in [0.1, 0.15) is 0 Å². The van der Waals surface area contributed by atoms with Gasteiger partial charge in [0.25, 0.3) is 0 Å². The Labute approximate surface area is 138 Å². The van der Waals surface area contributed by atoms with E-state index in [0.717, 1.165) is 10.8 Å². The number of hydrogen-bond acceptors (Lipinski definition) is 4. The molecule has 2 aromatic rings. The summed E-state index contributed by atoms with van der Waals surface area (Å²) in [5, 5.41) is 3.66. The number of aryl methyl sites for hydroxylation is 1. The molecule has 0 aliphatic carbocycles. The first-order valence-electron chi connectivity index (χ1n) is 7.37. The molecule has 1 aromatic carbocycles. The van der Waals surface area contributed by atoms with Crippen molar-refractivity contribution in [3.8, 4) is 0 Å². The third-order valence-electron chi connectivity index (χ3n) is 3.73. The molecule has 0 bridgehead atoms. The summed E-state index contributed by atoms with van der Waals surface area (Å²) in [6, 6.07) is 7.21. The van der Waals surface area contributed by atoms with Crippen LogP contribution in [0.2, 0.25) is 0 Å². The molecule has 2 amide bonds. The van der Waals surface area contributed by atoms with Gasteiger partial charge in [0.05, 0.1) is 17.1 Å². The predicted molar refractivity (Wildman–Crippen MR) is 90.6 cm³/mol. The highest BCUT2D eigenvalue weighted by atomic mass is 32.2. The summed E-state index contributed by atoms with van der Waals surface area (Å²) < 4.78 is 1.88. The standard InChI is InChI=1S/C16H18N4O2S/c1-11-9-14(21)18-12-5-3-4-6-13(12)20(11)15(22)10-23-16-17-7-8-19(16)2/h3-8,11H,9-10H2,1-2H3,(H,18,21)/t11-/m1/s1. The van der Waals surface area contributed by atoms with Gasteiger partial charge in [-0.25, -0.2) is 4.98 Å². The highest BCUT2D eigenvalue weighted by molar-refractivity contribution is 7.99. The zero-order valence-electron chi connectivity index (χ0n) is 13.0. The lowest BCUT2D eigenvalue weighted by Gasteiger charge is -2.27. The number of hydrogen-bond donors (Lipinski definition) is 1. The third-order valence-corrected chi connectivity index (χ3v) is 4.77. The lowest BCUT2D eigenvalue weighted by atomic mass is 10.2. The number of para-hydroxylation sites is 2. The summed E-state index contributed by atoms with van der Waals surface area (Å²) in [6.45, 7) is 1.89. The summed E-state index contributed by atoms with van der Waals surface area (Å²) in [7, 11) is 1.90. The highest BCUT2D eigenvalue weighted by Crippen LogP contribution is 2.32. The summed E-state index contributed by atoms with van der Waals surface area (Å²) in [5.41, 5.74) is 1.42. The maximum Gasteiger partial charge on any atom is 0.237 e. The van der Waals surface area contributed by atoms with Gasteiger partial charge in [-0.2, -0.15) is 0 Å². The number of fused-ring (bicyclic) bond motifs is 1. The lowest BCUT2D eigenvalue weighted by Crippen LogP contribution is -2.40. The minimum atomic E-state index is -0.187. The number of thioether (sulfide) groups is 1. The molecular weight excluding hydrogens is 312 g/mol.